The molecule has 3 aromatic carbocycles. The number of benzene rings is 3. The molecule has 1 fully saturated rings. The van der Waals surface area contributed by atoms with Crippen molar-refractivity contribution >= 4 is 27.5 Å². The molecule has 48 heavy (non-hydrogen) atoms. The molecular weight excluding hydrogens is 634 g/mol. The molecule has 0 bridgehead atoms. The van der Waals surface area contributed by atoms with E-state index >= 15 is 0 Å². The van der Waals surface area contributed by atoms with Gasteiger partial charge in [-0.15, -0.1) is 0 Å². The number of aryl methyl sites for hydroxylation is 1. The van der Waals surface area contributed by atoms with Crippen molar-refractivity contribution in [3.05, 3.63) is 71.8 Å². The van der Waals surface area contributed by atoms with E-state index < -0.39 is 28.5 Å². The number of hydrogen-bond acceptors (Lipinski definition) is 8. The molecule has 0 heterocycles. The number of amides is 2. The van der Waals surface area contributed by atoms with Crippen molar-refractivity contribution in [1.82, 2.24) is 10.2 Å². The van der Waals surface area contributed by atoms with Gasteiger partial charge in [0.05, 0.1) is 39.0 Å². The summed E-state index contributed by atoms with van der Waals surface area (Å²) in [6.07, 6.45) is 5.33. The monoisotopic (exact) mass is 681 g/mol. The number of sulfonamides is 1. The van der Waals surface area contributed by atoms with E-state index in [1.807, 2.05) is 38.1 Å². The highest BCUT2D eigenvalue weighted by molar-refractivity contribution is 7.92. The summed E-state index contributed by atoms with van der Waals surface area (Å²) in [7, 11) is 1.31. The fourth-order valence-corrected chi connectivity index (χ4v) is 7.51. The minimum Gasteiger partial charge on any atom is -0.497 e. The van der Waals surface area contributed by atoms with Crippen molar-refractivity contribution in [2.45, 2.75) is 75.9 Å². The molecule has 0 spiro atoms. The molecule has 1 N–H and O–H groups in total. The van der Waals surface area contributed by atoms with Crippen LogP contribution >= 0.6 is 0 Å². The van der Waals surface area contributed by atoms with Crippen LogP contribution in [0.2, 0.25) is 0 Å². The van der Waals surface area contributed by atoms with Gasteiger partial charge in [0.25, 0.3) is 10.0 Å². The molecule has 0 aliphatic heterocycles. The van der Waals surface area contributed by atoms with Gasteiger partial charge in [-0.3, -0.25) is 13.9 Å². The minimum atomic E-state index is -4.44. The number of hydrogen-bond donors (Lipinski definition) is 1. The fraction of sp³-hybridized carbons (Fsp3) is 0.444. The third-order valence-corrected chi connectivity index (χ3v) is 10.4. The topological polar surface area (TPSA) is 124 Å². The first-order chi connectivity index (χ1) is 23.1. The number of carbonyl (C=O) groups excluding carboxylic acids is 2. The molecule has 0 aromatic heterocycles. The number of nitrogens with one attached hydrogen (secondary N) is 1. The Bertz CT molecular complexity index is 1670. The highest BCUT2D eigenvalue weighted by atomic mass is 32.2. The number of rotatable bonds is 15. The summed E-state index contributed by atoms with van der Waals surface area (Å²) in [6.45, 7) is 3.29. The average Bonchev–Trinajstić information content (AvgIpc) is 3.10. The number of ether oxygens (including phenoxy) is 4. The zero-order chi connectivity index (χ0) is 34.8. The maximum Gasteiger partial charge on any atom is 0.265 e. The Morgan fingerprint density at radius 3 is 2.17 bits per heavy atom. The largest absolute Gasteiger partial charge is 0.497 e. The van der Waals surface area contributed by atoms with Gasteiger partial charge in [-0.1, -0.05) is 56.0 Å². The van der Waals surface area contributed by atoms with Crippen molar-refractivity contribution in [2.75, 3.05) is 39.3 Å². The van der Waals surface area contributed by atoms with Crippen LogP contribution < -0.4 is 28.6 Å². The average molecular weight is 682 g/mol. The summed E-state index contributed by atoms with van der Waals surface area (Å²) in [4.78, 5) is 29.8. The van der Waals surface area contributed by atoms with Crippen molar-refractivity contribution in [3.63, 3.8) is 0 Å². The standard InChI is InChI=1S/C36H47N3O8S/c1-7-30(36(41)37-27-14-9-8-10-15-27)38(23-26-13-11-12-25(2)20-26)35(40)24-39(31-21-28(44-3)16-18-32(31)45-4)48(42,43)29-17-19-33(46-5)34(22-29)47-6/h11-13,16-22,27,30H,7-10,14-15,23-24H2,1-6H3,(H,37,41)/t30-/m1/s1. The molecule has 3 aromatic rings. The van der Waals surface area contributed by atoms with Gasteiger partial charge in [-0.25, -0.2) is 8.42 Å². The van der Waals surface area contributed by atoms with Crippen LogP contribution in [0.3, 0.4) is 0 Å². The maximum absolute atomic E-state index is 14.6. The summed E-state index contributed by atoms with van der Waals surface area (Å²) < 4.78 is 51.8. The van der Waals surface area contributed by atoms with Gasteiger partial charge in [0.1, 0.15) is 24.1 Å². The number of methoxy groups -OCH3 is 4. The van der Waals surface area contributed by atoms with Gasteiger partial charge in [0.2, 0.25) is 11.8 Å². The normalized spacial score (nSPS) is 14.0. The van der Waals surface area contributed by atoms with Crippen LogP contribution in [-0.2, 0) is 26.2 Å². The zero-order valence-electron chi connectivity index (χ0n) is 28.7. The Hall–Kier alpha value is -4.45. The first-order valence-electron chi connectivity index (χ1n) is 16.2. The fourth-order valence-electron chi connectivity index (χ4n) is 6.08. The smallest absolute Gasteiger partial charge is 0.265 e. The van der Waals surface area contributed by atoms with E-state index in [0.717, 1.165) is 47.5 Å². The van der Waals surface area contributed by atoms with Crippen LogP contribution in [0.4, 0.5) is 5.69 Å². The van der Waals surface area contributed by atoms with Crippen LogP contribution in [0.25, 0.3) is 0 Å². The van der Waals surface area contributed by atoms with E-state index in [4.69, 9.17) is 18.9 Å². The van der Waals surface area contributed by atoms with Crippen molar-refractivity contribution in [1.29, 1.82) is 0 Å². The Labute approximate surface area is 284 Å². The van der Waals surface area contributed by atoms with Gasteiger partial charge in [0, 0.05) is 24.7 Å². The molecule has 4 rings (SSSR count). The summed E-state index contributed by atoms with van der Waals surface area (Å²) in [6, 6.07) is 15.8. The molecule has 1 aliphatic rings. The summed E-state index contributed by atoms with van der Waals surface area (Å²) in [5.41, 5.74) is 1.91. The number of anilines is 1. The summed E-state index contributed by atoms with van der Waals surface area (Å²) >= 11 is 0. The van der Waals surface area contributed by atoms with Gasteiger partial charge in [0.15, 0.2) is 11.5 Å². The van der Waals surface area contributed by atoms with E-state index in [1.165, 1.54) is 57.6 Å². The molecule has 260 valence electrons. The molecule has 1 aliphatic carbocycles. The van der Waals surface area contributed by atoms with E-state index in [1.54, 1.807) is 12.1 Å². The zero-order valence-corrected chi connectivity index (χ0v) is 29.5. The Kier molecular flexibility index (Phi) is 12.6. The minimum absolute atomic E-state index is 0.0409. The van der Waals surface area contributed by atoms with E-state index in [0.29, 0.717) is 17.9 Å². The maximum atomic E-state index is 14.6. The Morgan fingerprint density at radius 1 is 0.854 bits per heavy atom. The molecular formula is C36H47N3O8S. The lowest BCUT2D eigenvalue weighted by atomic mass is 9.95. The molecule has 2 amide bonds. The van der Waals surface area contributed by atoms with Crippen LogP contribution in [0.15, 0.2) is 65.6 Å². The predicted octanol–water partition coefficient (Wildman–Crippen LogP) is 5.48. The first-order valence-corrected chi connectivity index (χ1v) is 17.6. The Morgan fingerprint density at radius 2 is 1.54 bits per heavy atom. The lowest BCUT2D eigenvalue weighted by Crippen LogP contribution is -2.54. The Balaban J connectivity index is 1.81. The summed E-state index contributed by atoms with van der Waals surface area (Å²) in [5, 5.41) is 3.17. The SMILES string of the molecule is CC[C@H](C(=O)NC1CCCCC1)N(Cc1cccc(C)c1)C(=O)CN(c1cc(OC)ccc1OC)S(=O)(=O)c1ccc(OC)c(OC)c1. The second-order valence-corrected chi connectivity index (χ2v) is 13.7. The lowest BCUT2D eigenvalue weighted by molar-refractivity contribution is -0.140. The van der Waals surface area contributed by atoms with Crippen molar-refractivity contribution < 1.29 is 37.0 Å². The van der Waals surface area contributed by atoms with E-state index in [9.17, 15) is 18.0 Å². The molecule has 11 nitrogen and oxygen atoms in total. The molecule has 1 saturated carbocycles. The predicted molar refractivity (Wildman–Crippen MR) is 184 cm³/mol. The molecule has 1 atom stereocenters. The third-order valence-electron chi connectivity index (χ3n) is 8.65. The van der Waals surface area contributed by atoms with E-state index in [-0.39, 0.29) is 40.6 Å². The quantitative estimate of drug-likeness (QED) is 0.224. The van der Waals surface area contributed by atoms with Crippen LogP contribution in [0, 0.1) is 6.92 Å². The van der Waals surface area contributed by atoms with Crippen LogP contribution in [0.5, 0.6) is 23.0 Å². The van der Waals surface area contributed by atoms with Gasteiger partial charge in [-0.2, -0.15) is 0 Å². The van der Waals surface area contributed by atoms with Crippen LogP contribution in [0.1, 0.15) is 56.6 Å². The number of carbonyl (C=O) groups is 2. The number of nitrogens with zero attached hydrogens (tertiary/aromatic N) is 2. The van der Waals surface area contributed by atoms with Crippen molar-refractivity contribution in [2.24, 2.45) is 0 Å². The highest BCUT2D eigenvalue weighted by Gasteiger charge is 2.36. The lowest BCUT2D eigenvalue weighted by Gasteiger charge is -2.34. The first kappa shape index (κ1) is 36.4. The van der Waals surface area contributed by atoms with Gasteiger partial charge < -0.3 is 29.2 Å². The van der Waals surface area contributed by atoms with Gasteiger partial charge >= 0.3 is 0 Å². The van der Waals surface area contributed by atoms with Crippen LogP contribution in [-0.4, -0.2) is 72.2 Å². The summed E-state index contributed by atoms with van der Waals surface area (Å²) in [5.74, 6) is 0.307. The molecule has 0 radical (unpaired) electrons. The molecule has 0 unspecified atom stereocenters. The van der Waals surface area contributed by atoms with Gasteiger partial charge in [-0.05, 0) is 56.0 Å². The highest BCUT2D eigenvalue weighted by Crippen LogP contribution is 2.38. The second kappa shape index (κ2) is 16.6. The van der Waals surface area contributed by atoms with Crippen molar-refractivity contribution in [3.8, 4) is 23.0 Å². The van der Waals surface area contributed by atoms with E-state index in [2.05, 4.69) is 5.32 Å². The molecule has 0 saturated heterocycles. The molecule has 12 heteroatoms. The second-order valence-electron chi connectivity index (χ2n) is 11.8. The third kappa shape index (κ3) is 8.52.